The minimum Gasteiger partial charge on any atom is -0.497 e. The molecule has 0 aliphatic carbocycles. The van der Waals surface area contributed by atoms with Crippen LogP contribution < -0.4 is 4.74 Å². The summed E-state index contributed by atoms with van der Waals surface area (Å²) < 4.78 is 5.22. The minimum absolute atomic E-state index is 0.0685. The second-order valence-electron chi connectivity index (χ2n) is 5.76. The molecule has 1 amide bonds. The molecule has 0 bridgehead atoms. The van der Waals surface area contributed by atoms with Gasteiger partial charge in [-0.2, -0.15) is 0 Å². The van der Waals surface area contributed by atoms with Gasteiger partial charge in [-0.1, -0.05) is 12.1 Å². The first-order valence-electron chi connectivity index (χ1n) is 7.72. The highest BCUT2D eigenvalue weighted by atomic mass is 16.5. The van der Waals surface area contributed by atoms with Crippen LogP contribution in [-0.2, 0) is 0 Å². The Morgan fingerprint density at radius 1 is 1.13 bits per heavy atom. The number of ether oxygens (including phenoxy) is 1. The summed E-state index contributed by atoms with van der Waals surface area (Å²) in [4.78, 5) is 20.8. The van der Waals surface area contributed by atoms with Crippen LogP contribution in [0.15, 0.2) is 48.8 Å². The fourth-order valence-electron chi connectivity index (χ4n) is 2.92. The van der Waals surface area contributed by atoms with Crippen molar-refractivity contribution in [3.63, 3.8) is 0 Å². The number of carbonyl (C=O) groups excluding carboxylic acids is 1. The highest BCUT2D eigenvalue weighted by molar-refractivity contribution is 5.94. The summed E-state index contributed by atoms with van der Waals surface area (Å²) in [5.41, 5.74) is 1.89. The molecule has 1 aromatic heterocycles. The topological polar surface area (TPSA) is 45.7 Å². The highest BCUT2D eigenvalue weighted by Crippen LogP contribution is 2.26. The normalized spacial score (nSPS) is 18.7. The van der Waals surface area contributed by atoms with Crippen molar-refractivity contribution >= 4 is 5.91 Å². The molecule has 5 heteroatoms. The predicted molar refractivity (Wildman–Crippen MR) is 88.5 cm³/mol. The van der Waals surface area contributed by atoms with Gasteiger partial charge in [0.1, 0.15) is 5.75 Å². The molecule has 1 unspecified atom stereocenters. The molecule has 0 spiro atoms. The van der Waals surface area contributed by atoms with Crippen LogP contribution in [0, 0.1) is 0 Å². The van der Waals surface area contributed by atoms with Gasteiger partial charge >= 0.3 is 0 Å². The van der Waals surface area contributed by atoms with Gasteiger partial charge < -0.3 is 9.64 Å². The zero-order valence-corrected chi connectivity index (χ0v) is 13.5. The molecule has 1 atom stereocenters. The van der Waals surface area contributed by atoms with Crippen LogP contribution in [0.3, 0.4) is 0 Å². The number of pyridine rings is 1. The molecular weight excluding hydrogens is 290 g/mol. The molecule has 0 radical (unpaired) electrons. The van der Waals surface area contributed by atoms with E-state index in [-0.39, 0.29) is 11.9 Å². The first-order valence-corrected chi connectivity index (χ1v) is 7.72. The van der Waals surface area contributed by atoms with Gasteiger partial charge in [-0.3, -0.25) is 14.7 Å². The Kier molecular flexibility index (Phi) is 4.57. The second-order valence-corrected chi connectivity index (χ2v) is 5.76. The maximum Gasteiger partial charge on any atom is 0.254 e. The Morgan fingerprint density at radius 2 is 1.83 bits per heavy atom. The summed E-state index contributed by atoms with van der Waals surface area (Å²) in [5, 5.41) is 0. The molecule has 0 N–H and O–H groups in total. The van der Waals surface area contributed by atoms with Gasteiger partial charge in [0.2, 0.25) is 0 Å². The van der Waals surface area contributed by atoms with E-state index in [0.717, 1.165) is 18.8 Å². The third kappa shape index (κ3) is 3.35. The summed E-state index contributed by atoms with van der Waals surface area (Å²) in [6.45, 7) is 2.28. The number of rotatable bonds is 3. The van der Waals surface area contributed by atoms with E-state index in [1.807, 2.05) is 17.0 Å². The minimum atomic E-state index is 0.0685. The maximum absolute atomic E-state index is 12.6. The number of piperazine rings is 1. The van der Waals surface area contributed by atoms with E-state index < -0.39 is 0 Å². The van der Waals surface area contributed by atoms with Gasteiger partial charge in [0, 0.05) is 37.6 Å². The lowest BCUT2D eigenvalue weighted by molar-refractivity contribution is 0.0546. The van der Waals surface area contributed by atoms with Crippen LogP contribution in [0.2, 0.25) is 0 Å². The van der Waals surface area contributed by atoms with Gasteiger partial charge in [0.25, 0.3) is 5.91 Å². The number of methoxy groups -OCH3 is 1. The molecule has 0 saturated carbocycles. The number of likely N-dealkylation sites (N-methyl/N-ethyl adjacent to an activating group) is 1. The van der Waals surface area contributed by atoms with E-state index in [0.29, 0.717) is 12.1 Å². The lowest BCUT2D eigenvalue weighted by Crippen LogP contribution is -2.49. The van der Waals surface area contributed by atoms with Crippen molar-refractivity contribution in [1.82, 2.24) is 14.8 Å². The molecule has 2 aromatic rings. The van der Waals surface area contributed by atoms with Gasteiger partial charge in [-0.05, 0) is 36.9 Å². The van der Waals surface area contributed by atoms with Gasteiger partial charge in [-0.25, -0.2) is 0 Å². The van der Waals surface area contributed by atoms with Crippen LogP contribution in [0.25, 0.3) is 0 Å². The van der Waals surface area contributed by atoms with E-state index >= 15 is 0 Å². The first-order chi connectivity index (χ1) is 11.2. The average molecular weight is 311 g/mol. The lowest BCUT2D eigenvalue weighted by Gasteiger charge is -2.39. The average Bonchev–Trinajstić information content (AvgIpc) is 2.62. The van der Waals surface area contributed by atoms with Crippen molar-refractivity contribution < 1.29 is 9.53 Å². The number of amides is 1. The number of hydrogen-bond donors (Lipinski definition) is 0. The zero-order chi connectivity index (χ0) is 16.2. The molecule has 1 saturated heterocycles. The second kappa shape index (κ2) is 6.79. The van der Waals surface area contributed by atoms with Crippen LogP contribution >= 0.6 is 0 Å². The summed E-state index contributed by atoms with van der Waals surface area (Å²) in [5.74, 6) is 0.913. The standard InChI is InChI=1S/C18H21N3O2/c1-20-11-12-21(18(22)15-7-9-19-10-8-15)13-17(20)14-3-5-16(23-2)6-4-14/h3-10,17H,11-13H2,1-2H3. The van der Waals surface area contributed by atoms with Gasteiger partial charge in [0.05, 0.1) is 13.2 Å². The van der Waals surface area contributed by atoms with Crippen LogP contribution in [0.1, 0.15) is 22.0 Å². The van der Waals surface area contributed by atoms with Crippen molar-refractivity contribution in [3.05, 3.63) is 59.9 Å². The predicted octanol–water partition coefficient (Wildman–Crippen LogP) is 2.22. The van der Waals surface area contributed by atoms with E-state index in [4.69, 9.17) is 4.74 Å². The Balaban J connectivity index is 1.77. The summed E-state index contributed by atoms with van der Waals surface area (Å²) in [6.07, 6.45) is 3.31. The first kappa shape index (κ1) is 15.5. The SMILES string of the molecule is COc1ccc(C2CN(C(=O)c3ccncc3)CCN2C)cc1. The molecule has 1 aromatic carbocycles. The molecule has 3 rings (SSSR count). The Labute approximate surface area is 136 Å². The zero-order valence-electron chi connectivity index (χ0n) is 13.5. The quantitative estimate of drug-likeness (QED) is 0.872. The Morgan fingerprint density at radius 3 is 2.48 bits per heavy atom. The third-order valence-corrected chi connectivity index (χ3v) is 4.36. The molecule has 120 valence electrons. The van der Waals surface area contributed by atoms with Crippen molar-refractivity contribution in [2.75, 3.05) is 33.8 Å². The number of hydrogen-bond acceptors (Lipinski definition) is 4. The molecule has 5 nitrogen and oxygen atoms in total. The van der Waals surface area contributed by atoms with E-state index in [2.05, 4.69) is 29.1 Å². The molecule has 2 heterocycles. The van der Waals surface area contributed by atoms with Gasteiger partial charge in [-0.15, -0.1) is 0 Å². The Hall–Kier alpha value is -2.40. The number of carbonyl (C=O) groups is 1. The number of nitrogens with zero attached hydrogens (tertiary/aromatic N) is 3. The summed E-state index contributed by atoms with van der Waals surface area (Å²) in [6, 6.07) is 11.8. The largest absolute Gasteiger partial charge is 0.497 e. The molecule has 23 heavy (non-hydrogen) atoms. The van der Waals surface area contributed by atoms with Crippen molar-refractivity contribution in [2.45, 2.75) is 6.04 Å². The van der Waals surface area contributed by atoms with Crippen LogP contribution in [-0.4, -0.2) is 54.5 Å². The van der Waals surface area contributed by atoms with E-state index in [1.54, 1.807) is 31.6 Å². The van der Waals surface area contributed by atoms with E-state index in [9.17, 15) is 4.79 Å². The van der Waals surface area contributed by atoms with E-state index in [1.165, 1.54) is 5.56 Å². The van der Waals surface area contributed by atoms with Crippen molar-refractivity contribution in [2.24, 2.45) is 0 Å². The fourth-order valence-corrected chi connectivity index (χ4v) is 2.92. The van der Waals surface area contributed by atoms with Crippen molar-refractivity contribution in [1.29, 1.82) is 0 Å². The molecular formula is C18H21N3O2. The molecule has 1 aliphatic heterocycles. The van der Waals surface area contributed by atoms with Crippen LogP contribution in [0.4, 0.5) is 0 Å². The van der Waals surface area contributed by atoms with Crippen molar-refractivity contribution in [3.8, 4) is 5.75 Å². The summed E-state index contributed by atoms with van der Waals surface area (Å²) in [7, 11) is 3.76. The number of aromatic nitrogens is 1. The smallest absolute Gasteiger partial charge is 0.254 e. The summed E-state index contributed by atoms with van der Waals surface area (Å²) >= 11 is 0. The molecule has 1 aliphatic rings. The highest BCUT2D eigenvalue weighted by Gasteiger charge is 2.28. The van der Waals surface area contributed by atoms with Crippen LogP contribution in [0.5, 0.6) is 5.75 Å². The molecule has 1 fully saturated rings. The monoisotopic (exact) mass is 311 g/mol. The maximum atomic E-state index is 12.6. The fraction of sp³-hybridized carbons (Fsp3) is 0.333. The third-order valence-electron chi connectivity index (χ3n) is 4.36. The number of benzene rings is 1. The lowest BCUT2D eigenvalue weighted by atomic mass is 10.0. The van der Waals surface area contributed by atoms with Gasteiger partial charge in [0.15, 0.2) is 0 Å². The Bertz CT molecular complexity index is 658.